The number of carbonyl (C=O) groups excluding carboxylic acids is 1. The number of carbonyl (C=O) groups is 1. The van der Waals surface area contributed by atoms with Gasteiger partial charge in [0, 0.05) is 16.5 Å². The second-order valence-corrected chi connectivity index (χ2v) is 9.13. The Morgan fingerprint density at radius 2 is 1.88 bits per heavy atom. The zero-order valence-electron chi connectivity index (χ0n) is 17.5. The number of fused-ring (bicyclic) bond motifs is 2. The number of nitrogens with one attached hydrogen (secondary N) is 1. The number of halogens is 1. The monoisotopic (exact) mass is 448 g/mol. The van der Waals surface area contributed by atoms with Gasteiger partial charge in [0.15, 0.2) is 5.78 Å². The van der Waals surface area contributed by atoms with Gasteiger partial charge in [-0.3, -0.25) is 19.1 Å². The van der Waals surface area contributed by atoms with Crippen molar-refractivity contribution in [1.29, 1.82) is 0 Å². The van der Waals surface area contributed by atoms with E-state index >= 15 is 0 Å². The predicted molar refractivity (Wildman–Crippen MR) is 124 cm³/mol. The van der Waals surface area contributed by atoms with E-state index in [1.165, 1.54) is 47.1 Å². The van der Waals surface area contributed by atoms with Crippen LogP contribution in [0.4, 0.5) is 4.39 Å². The van der Waals surface area contributed by atoms with Crippen molar-refractivity contribution in [2.75, 3.05) is 0 Å². The average Bonchev–Trinajstić information content (AvgIpc) is 3.21. The minimum Gasteiger partial charge on any atom is -0.298 e. The van der Waals surface area contributed by atoms with E-state index in [2.05, 4.69) is 17.1 Å². The van der Waals surface area contributed by atoms with Gasteiger partial charge in [-0.1, -0.05) is 18.2 Å². The summed E-state index contributed by atoms with van der Waals surface area (Å²) in [7, 11) is 0. The molecule has 0 saturated heterocycles. The summed E-state index contributed by atoms with van der Waals surface area (Å²) in [6.07, 6.45) is 4.45. The summed E-state index contributed by atoms with van der Waals surface area (Å²) in [4.78, 5) is 41.9. The van der Waals surface area contributed by atoms with Crippen LogP contribution in [0.15, 0.2) is 51.4 Å². The number of Topliss-reactive ketones (excluding diaryl/α,β-unsaturated/α-hetero) is 1. The second-order valence-electron chi connectivity index (χ2n) is 8.25. The maximum Gasteiger partial charge on any atom is 0.329 e. The molecule has 4 aromatic rings. The van der Waals surface area contributed by atoms with Gasteiger partial charge in [-0.05, 0) is 73.1 Å². The summed E-state index contributed by atoms with van der Waals surface area (Å²) < 4.78 is 14.5. The van der Waals surface area contributed by atoms with Crippen LogP contribution >= 0.6 is 11.3 Å². The fourth-order valence-corrected chi connectivity index (χ4v) is 5.32. The third kappa shape index (κ3) is 3.52. The van der Waals surface area contributed by atoms with Crippen LogP contribution in [0, 0.1) is 12.7 Å². The van der Waals surface area contributed by atoms with Gasteiger partial charge in [0.25, 0.3) is 5.56 Å². The summed E-state index contributed by atoms with van der Waals surface area (Å²) >= 11 is 1.31. The lowest BCUT2D eigenvalue weighted by Crippen LogP contribution is -2.37. The number of aromatic amines is 1. The first-order valence-electron chi connectivity index (χ1n) is 10.6. The van der Waals surface area contributed by atoms with Crippen molar-refractivity contribution in [3.05, 3.63) is 90.7 Å². The molecule has 162 valence electrons. The molecule has 0 bridgehead atoms. The van der Waals surface area contributed by atoms with E-state index in [0.29, 0.717) is 15.8 Å². The van der Waals surface area contributed by atoms with E-state index in [1.54, 1.807) is 6.92 Å². The Bertz CT molecular complexity index is 1500. The molecule has 32 heavy (non-hydrogen) atoms. The molecule has 0 atom stereocenters. The summed E-state index contributed by atoms with van der Waals surface area (Å²) in [6.45, 7) is 1.15. The molecule has 1 aliphatic rings. The molecule has 0 radical (unpaired) electrons. The fraction of sp³-hybridized carbons (Fsp3) is 0.240. The van der Waals surface area contributed by atoms with E-state index in [0.717, 1.165) is 35.0 Å². The number of hydrogen-bond donors (Lipinski definition) is 1. The number of hydrogen-bond acceptors (Lipinski definition) is 4. The Balaban J connectivity index is 1.58. The quantitative estimate of drug-likeness (QED) is 0.463. The third-order valence-corrected chi connectivity index (χ3v) is 7.05. The maximum absolute atomic E-state index is 13.5. The van der Waals surface area contributed by atoms with Crippen molar-refractivity contribution in [1.82, 2.24) is 9.55 Å². The van der Waals surface area contributed by atoms with Gasteiger partial charge >= 0.3 is 5.69 Å². The highest BCUT2D eigenvalue weighted by molar-refractivity contribution is 7.17. The summed E-state index contributed by atoms with van der Waals surface area (Å²) in [5.41, 5.74) is 3.82. The number of aryl methyl sites for hydroxylation is 3. The molecular formula is C25H21FN2O3S. The van der Waals surface area contributed by atoms with E-state index in [9.17, 15) is 18.8 Å². The van der Waals surface area contributed by atoms with Gasteiger partial charge in [0.1, 0.15) is 10.6 Å². The first-order valence-corrected chi connectivity index (χ1v) is 11.5. The molecule has 0 spiro atoms. The molecule has 1 aliphatic carbocycles. The lowest BCUT2D eigenvalue weighted by Gasteiger charge is -2.16. The van der Waals surface area contributed by atoms with Crippen molar-refractivity contribution >= 4 is 27.3 Å². The van der Waals surface area contributed by atoms with E-state index in [4.69, 9.17) is 0 Å². The molecule has 0 amide bonds. The van der Waals surface area contributed by atoms with Crippen molar-refractivity contribution < 1.29 is 9.18 Å². The molecule has 0 aliphatic heterocycles. The third-order valence-electron chi connectivity index (χ3n) is 6.16. The fourth-order valence-electron chi connectivity index (χ4n) is 4.36. The van der Waals surface area contributed by atoms with E-state index in [1.807, 2.05) is 11.4 Å². The zero-order valence-corrected chi connectivity index (χ0v) is 18.4. The van der Waals surface area contributed by atoms with Crippen molar-refractivity contribution in [3.63, 3.8) is 0 Å². The van der Waals surface area contributed by atoms with Crippen LogP contribution in [0.5, 0.6) is 0 Å². The molecule has 0 unspecified atom stereocenters. The number of ketones is 1. The van der Waals surface area contributed by atoms with Gasteiger partial charge in [-0.15, -0.1) is 11.3 Å². The van der Waals surface area contributed by atoms with Crippen LogP contribution in [0.25, 0.3) is 21.3 Å². The molecule has 1 N–H and O–H groups in total. The van der Waals surface area contributed by atoms with Gasteiger partial charge in [-0.25, -0.2) is 9.18 Å². The first kappa shape index (κ1) is 20.6. The highest BCUT2D eigenvalue weighted by Crippen LogP contribution is 2.33. The van der Waals surface area contributed by atoms with E-state index in [-0.39, 0.29) is 5.56 Å². The number of H-pyrrole nitrogens is 1. The van der Waals surface area contributed by atoms with Crippen LogP contribution in [0.3, 0.4) is 0 Å². The van der Waals surface area contributed by atoms with Crippen LogP contribution in [0.2, 0.25) is 0 Å². The molecule has 2 heterocycles. The van der Waals surface area contributed by atoms with Crippen LogP contribution in [-0.4, -0.2) is 15.3 Å². The van der Waals surface area contributed by atoms with Gasteiger partial charge in [0.2, 0.25) is 0 Å². The Kier molecular flexibility index (Phi) is 5.13. The Morgan fingerprint density at radius 3 is 2.66 bits per heavy atom. The van der Waals surface area contributed by atoms with Crippen molar-refractivity contribution in [2.24, 2.45) is 0 Å². The smallest absolute Gasteiger partial charge is 0.298 e. The molecule has 0 fully saturated rings. The van der Waals surface area contributed by atoms with Gasteiger partial charge in [-0.2, -0.15) is 0 Å². The number of nitrogens with zero attached hydrogens (tertiary/aromatic N) is 1. The topological polar surface area (TPSA) is 71.9 Å². The van der Waals surface area contributed by atoms with Crippen molar-refractivity contribution in [3.8, 4) is 11.1 Å². The first-order chi connectivity index (χ1) is 15.4. The standard InChI is InChI=1S/C25H21FN2O3S/c1-14-10-18(8-9-20(14)26)21(29)12-28-24(30)22-19(13-32-23(22)27-25(28)31)17-7-6-15-4-2-3-5-16(15)11-17/h6-11,13H,2-5,12H2,1H3,(H,27,31). The van der Waals surface area contributed by atoms with E-state index < -0.39 is 29.4 Å². The molecule has 7 heteroatoms. The summed E-state index contributed by atoms with van der Waals surface area (Å²) in [5.74, 6) is -0.837. The number of benzene rings is 2. The summed E-state index contributed by atoms with van der Waals surface area (Å²) in [5, 5.41) is 2.29. The second kappa shape index (κ2) is 7.98. The lowest BCUT2D eigenvalue weighted by atomic mass is 9.89. The molecule has 0 saturated carbocycles. The number of thiophene rings is 1. The highest BCUT2D eigenvalue weighted by atomic mass is 32.1. The number of rotatable bonds is 4. The Hall–Kier alpha value is -3.32. The zero-order chi connectivity index (χ0) is 22.4. The van der Waals surface area contributed by atoms with Gasteiger partial charge in [0.05, 0.1) is 11.9 Å². The van der Waals surface area contributed by atoms with Crippen LogP contribution in [-0.2, 0) is 19.4 Å². The molecule has 5 rings (SSSR count). The Labute approximate surface area is 187 Å². The SMILES string of the molecule is Cc1cc(C(=O)Cn2c(=O)[nH]c3scc(-c4ccc5c(c4)CCCC5)c3c2=O)ccc1F. The maximum atomic E-state index is 13.5. The summed E-state index contributed by atoms with van der Waals surface area (Å²) in [6, 6.07) is 10.3. The van der Waals surface area contributed by atoms with Gasteiger partial charge < -0.3 is 0 Å². The predicted octanol–water partition coefficient (Wildman–Crippen LogP) is 4.63. The average molecular weight is 449 g/mol. The number of aromatic nitrogens is 2. The normalized spacial score (nSPS) is 13.3. The van der Waals surface area contributed by atoms with Crippen LogP contribution < -0.4 is 11.2 Å². The lowest BCUT2D eigenvalue weighted by molar-refractivity contribution is 0.0969. The molecular weight excluding hydrogens is 427 g/mol. The minimum absolute atomic E-state index is 0.260. The van der Waals surface area contributed by atoms with Crippen LogP contribution in [0.1, 0.15) is 39.9 Å². The largest absolute Gasteiger partial charge is 0.329 e. The minimum atomic E-state index is -0.631. The molecule has 2 aromatic heterocycles. The molecule has 5 nitrogen and oxygen atoms in total. The van der Waals surface area contributed by atoms with Crippen molar-refractivity contribution in [2.45, 2.75) is 39.2 Å². The molecule has 2 aromatic carbocycles. The Morgan fingerprint density at radius 1 is 1.09 bits per heavy atom. The highest BCUT2D eigenvalue weighted by Gasteiger charge is 2.19.